The Morgan fingerprint density at radius 3 is 2.95 bits per heavy atom. The molecule has 0 spiro atoms. The van der Waals surface area contributed by atoms with E-state index in [-0.39, 0.29) is 5.56 Å². The fourth-order valence-corrected chi connectivity index (χ4v) is 1.93. The molecule has 0 aliphatic heterocycles. The van der Waals surface area contributed by atoms with Crippen molar-refractivity contribution in [2.45, 2.75) is 13.5 Å². The highest BCUT2D eigenvalue weighted by Crippen LogP contribution is 2.22. The minimum Gasteiger partial charge on any atom is -0.477 e. The Morgan fingerprint density at radius 1 is 1.55 bits per heavy atom. The number of carboxylic acids is 1. The van der Waals surface area contributed by atoms with Gasteiger partial charge in [-0.2, -0.15) is 10.2 Å². The summed E-state index contributed by atoms with van der Waals surface area (Å²) in [5.41, 5.74) is 1.33. The Bertz CT molecular complexity index is 617. The Morgan fingerprint density at radius 2 is 2.30 bits per heavy atom. The highest BCUT2D eigenvalue weighted by Gasteiger charge is 2.19. The SMILES string of the molecule is COCCn1cc(Nc2c(C(=O)O)c(C)nn2C)cn1. The lowest BCUT2D eigenvalue weighted by atomic mass is 10.2. The van der Waals surface area contributed by atoms with Crippen molar-refractivity contribution in [2.24, 2.45) is 7.05 Å². The Kier molecular flexibility index (Phi) is 4.04. The standard InChI is InChI=1S/C12H17N5O3/c1-8-10(12(18)19)11(16(2)15-8)14-9-6-13-17(7-9)4-5-20-3/h6-7,14H,4-5H2,1-3H3,(H,18,19). The molecule has 0 unspecified atom stereocenters. The van der Waals surface area contributed by atoms with E-state index in [1.165, 1.54) is 4.68 Å². The lowest BCUT2D eigenvalue weighted by molar-refractivity contribution is 0.0697. The highest BCUT2D eigenvalue weighted by atomic mass is 16.5. The van der Waals surface area contributed by atoms with Crippen LogP contribution in [0.15, 0.2) is 12.4 Å². The van der Waals surface area contributed by atoms with Crippen molar-refractivity contribution in [2.75, 3.05) is 19.0 Å². The number of aromatic carboxylic acids is 1. The summed E-state index contributed by atoms with van der Waals surface area (Å²) in [5.74, 6) is -0.578. The van der Waals surface area contributed by atoms with Crippen LogP contribution in [0.1, 0.15) is 16.1 Å². The summed E-state index contributed by atoms with van der Waals surface area (Å²) in [5, 5.41) is 20.5. The van der Waals surface area contributed by atoms with Crippen LogP contribution < -0.4 is 5.32 Å². The van der Waals surface area contributed by atoms with Crippen molar-refractivity contribution in [3.05, 3.63) is 23.7 Å². The Balaban J connectivity index is 2.21. The molecule has 20 heavy (non-hydrogen) atoms. The molecule has 0 aliphatic rings. The molecule has 0 fully saturated rings. The number of ether oxygens (including phenoxy) is 1. The molecule has 0 amide bonds. The van der Waals surface area contributed by atoms with Gasteiger partial charge in [-0.3, -0.25) is 9.36 Å². The lowest BCUT2D eigenvalue weighted by Crippen LogP contribution is -2.05. The van der Waals surface area contributed by atoms with E-state index in [9.17, 15) is 9.90 Å². The van der Waals surface area contributed by atoms with E-state index in [0.29, 0.717) is 30.4 Å². The van der Waals surface area contributed by atoms with Crippen LogP contribution in [0.3, 0.4) is 0 Å². The number of carbonyl (C=O) groups is 1. The van der Waals surface area contributed by atoms with E-state index in [1.807, 2.05) is 0 Å². The number of nitrogens with one attached hydrogen (secondary N) is 1. The quantitative estimate of drug-likeness (QED) is 0.819. The molecule has 0 aliphatic carbocycles. The van der Waals surface area contributed by atoms with E-state index < -0.39 is 5.97 Å². The number of hydrogen-bond acceptors (Lipinski definition) is 5. The minimum absolute atomic E-state index is 0.164. The average Bonchev–Trinajstić information content (AvgIpc) is 2.93. The maximum atomic E-state index is 11.3. The zero-order valence-electron chi connectivity index (χ0n) is 11.6. The number of aryl methyl sites for hydroxylation is 2. The van der Waals surface area contributed by atoms with Crippen LogP contribution in [0.4, 0.5) is 11.5 Å². The van der Waals surface area contributed by atoms with Crippen LogP contribution in [0, 0.1) is 6.92 Å². The minimum atomic E-state index is -1.01. The summed E-state index contributed by atoms with van der Waals surface area (Å²) < 4.78 is 8.20. The second-order valence-corrected chi connectivity index (χ2v) is 4.35. The van der Waals surface area contributed by atoms with E-state index >= 15 is 0 Å². The third-order valence-electron chi connectivity index (χ3n) is 2.86. The predicted molar refractivity (Wildman–Crippen MR) is 72.3 cm³/mol. The summed E-state index contributed by atoms with van der Waals surface area (Å²) in [6, 6.07) is 0. The molecule has 0 bridgehead atoms. The van der Waals surface area contributed by atoms with Crippen molar-refractivity contribution in [3.8, 4) is 0 Å². The highest BCUT2D eigenvalue weighted by molar-refractivity contribution is 5.95. The van der Waals surface area contributed by atoms with Crippen LogP contribution in [-0.4, -0.2) is 44.4 Å². The van der Waals surface area contributed by atoms with Gasteiger partial charge in [0, 0.05) is 20.4 Å². The van der Waals surface area contributed by atoms with Gasteiger partial charge >= 0.3 is 5.97 Å². The summed E-state index contributed by atoms with van der Waals surface area (Å²) in [6.45, 7) is 2.86. The van der Waals surface area contributed by atoms with Gasteiger partial charge in [-0.25, -0.2) is 4.79 Å². The number of aromatic nitrogens is 4. The molecule has 2 heterocycles. The largest absolute Gasteiger partial charge is 0.477 e. The van der Waals surface area contributed by atoms with Gasteiger partial charge in [-0.05, 0) is 6.92 Å². The first kappa shape index (κ1) is 14.1. The summed E-state index contributed by atoms with van der Waals surface area (Å²) in [7, 11) is 3.32. The maximum absolute atomic E-state index is 11.3. The number of anilines is 2. The fourth-order valence-electron chi connectivity index (χ4n) is 1.93. The predicted octanol–water partition coefficient (Wildman–Crippen LogP) is 1.01. The molecule has 0 atom stereocenters. The lowest BCUT2D eigenvalue weighted by Gasteiger charge is -2.05. The molecule has 0 aromatic carbocycles. The van der Waals surface area contributed by atoms with Crippen molar-refractivity contribution in [3.63, 3.8) is 0 Å². The summed E-state index contributed by atoms with van der Waals surface area (Å²) >= 11 is 0. The zero-order valence-corrected chi connectivity index (χ0v) is 11.6. The van der Waals surface area contributed by atoms with Gasteiger partial charge in [0.1, 0.15) is 11.4 Å². The van der Waals surface area contributed by atoms with Gasteiger partial charge in [-0.15, -0.1) is 0 Å². The molecule has 2 aromatic heterocycles. The molecular weight excluding hydrogens is 262 g/mol. The van der Waals surface area contributed by atoms with Crippen LogP contribution in [0.5, 0.6) is 0 Å². The third kappa shape index (κ3) is 2.80. The van der Waals surface area contributed by atoms with E-state index in [0.717, 1.165) is 0 Å². The van der Waals surface area contributed by atoms with Crippen molar-refractivity contribution in [1.29, 1.82) is 0 Å². The first-order valence-electron chi connectivity index (χ1n) is 6.08. The van der Waals surface area contributed by atoms with Gasteiger partial charge in [0.2, 0.25) is 0 Å². The van der Waals surface area contributed by atoms with Crippen molar-refractivity contribution < 1.29 is 14.6 Å². The summed E-state index contributed by atoms with van der Waals surface area (Å²) in [4.78, 5) is 11.3. The first-order valence-corrected chi connectivity index (χ1v) is 6.08. The smallest absolute Gasteiger partial charge is 0.341 e. The third-order valence-corrected chi connectivity index (χ3v) is 2.86. The molecule has 2 rings (SSSR count). The molecule has 8 heteroatoms. The molecule has 2 aromatic rings. The molecule has 8 nitrogen and oxygen atoms in total. The second kappa shape index (κ2) is 5.74. The van der Waals surface area contributed by atoms with Crippen LogP contribution in [0.25, 0.3) is 0 Å². The molecule has 2 N–H and O–H groups in total. The monoisotopic (exact) mass is 279 g/mol. The average molecular weight is 279 g/mol. The number of rotatable bonds is 6. The Labute approximate surface area is 116 Å². The molecule has 0 saturated heterocycles. The molecule has 108 valence electrons. The normalized spacial score (nSPS) is 10.8. The molecular formula is C12H17N5O3. The number of methoxy groups -OCH3 is 1. The van der Waals surface area contributed by atoms with E-state index in [4.69, 9.17) is 4.74 Å². The van der Waals surface area contributed by atoms with E-state index in [2.05, 4.69) is 15.5 Å². The van der Waals surface area contributed by atoms with Crippen LogP contribution in [0.2, 0.25) is 0 Å². The zero-order chi connectivity index (χ0) is 14.7. The van der Waals surface area contributed by atoms with Crippen LogP contribution >= 0.6 is 0 Å². The van der Waals surface area contributed by atoms with Gasteiger partial charge in [0.25, 0.3) is 0 Å². The number of carboxylic acid groups (broad SMARTS) is 1. The van der Waals surface area contributed by atoms with Gasteiger partial charge in [-0.1, -0.05) is 0 Å². The van der Waals surface area contributed by atoms with Crippen LogP contribution in [-0.2, 0) is 18.3 Å². The second-order valence-electron chi connectivity index (χ2n) is 4.35. The van der Waals surface area contributed by atoms with Gasteiger partial charge in [0.15, 0.2) is 0 Å². The first-order chi connectivity index (χ1) is 9.52. The fraction of sp³-hybridized carbons (Fsp3) is 0.417. The number of nitrogens with zero attached hydrogens (tertiary/aromatic N) is 4. The Hall–Kier alpha value is -2.35. The van der Waals surface area contributed by atoms with Gasteiger partial charge < -0.3 is 15.2 Å². The topological polar surface area (TPSA) is 94.2 Å². The molecule has 0 saturated carbocycles. The van der Waals surface area contributed by atoms with Gasteiger partial charge in [0.05, 0.1) is 30.7 Å². The van der Waals surface area contributed by atoms with Crippen molar-refractivity contribution in [1.82, 2.24) is 19.6 Å². The molecule has 0 radical (unpaired) electrons. The van der Waals surface area contributed by atoms with Crippen molar-refractivity contribution >= 4 is 17.5 Å². The van der Waals surface area contributed by atoms with E-state index in [1.54, 1.807) is 38.2 Å². The maximum Gasteiger partial charge on any atom is 0.341 e. The summed E-state index contributed by atoms with van der Waals surface area (Å²) in [6.07, 6.45) is 3.41. The number of hydrogen-bond donors (Lipinski definition) is 2.